The van der Waals surface area contributed by atoms with E-state index in [1.165, 1.54) is 0 Å². The number of hydrogen-bond acceptors (Lipinski definition) is 4. The van der Waals surface area contributed by atoms with Gasteiger partial charge in [-0.05, 0) is 43.3 Å². The third-order valence-corrected chi connectivity index (χ3v) is 3.16. The summed E-state index contributed by atoms with van der Waals surface area (Å²) in [7, 11) is 0. The maximum atomic E-state index is 11.9. The number of likely N-dealkylation sites (N-methyl/N-ethyl adjacent to an activating group) is 1. The van der Waals surface area contributed by atoms with Crippen LogP contribution in [0.15, 0.2) is 48.8 Å². The number of carbonyl (C=O) groups is 3. The van der Waals surface area contributed by atoms with Crippen LogP contribution in [0.25, 0.3) is 5.69 Å². The first-order chi connectivity index (χ1) is 11.6. The van der Waals surface area contributed by atoms with Gasteiger partial charge in [0.1, 0.15) is 0 Å². The van der Waals surface area contributed by atoms with Crippen molar-refractivity contribution >= 4 is 17.8 Å². The predicted octanol–water partition coefficient (Wildman–Crippen LogP) is 0.886. The Balaban J connectivity index is 1.80. The summed E-state index contributed by atoms with van der Waals surface area (Å²) >= 11 is 0. The van der Waals surface area contributed by atoms with E-state index in [0.717, 1.165) is 5.69 Å². The summed E-state index contributed by atoms with van der Waals surface area (Å²) < 4.78 is 6.83. The summed E-state index contributed by atoms with van der Waals surface area (Å²) in [6, 6.07) is 10.6. The smallest absolute Gasteiger partial charge is 0.338 e. The summed E-state index contributed by atoms with van der Waals surface area (Å²) in [5, 5.41) is 4.92. The number of nitrogens with one attached hydrogen (secondary N) is 2. The van der Waals surface area contributed by atoms with Crippen molar-refractivity contribution in [2.45, 2.75) is 6.92 Å². The molecule has 0 radical (unpaired) electrons. The molecular formula is C17H19N3O4. The van der Waals surface area contributed by atoms with Crippen molar-refractivity contribution < 1.29 is 19.1 Å². The molecule has 0 spiro atoms. The zero-order valence-corrected chi connectivity index (χ0v) is 13.3. The second-order valence-electron chi connectivity index (χ2n) is 4.94. The van der Waals surface area contributed by atoms with E-state index < -0.39 is 18.5 Å². The van der Waals surface area contributed by atoms with Crippen LogP contribution < -0.4 is 10.6 Å². The molecule has 7 nitrogen and oxygen atoms in total. The van der Waals surface area contributed by atoms with Crippen LogP contribution >= 0.6 is 0 Å². The van der Waals surface area contributed by atoms with Crippen LogP contribution in [0.5, 0.6) is 0 Å². The Kier molecular flexibility index (Phi) is 6.13. The fourth-order valence-electron chi connectivity index (χ4n) is 1.98. The van der Waals surface area contributed by atoms with Crippen LogP contribution in [0.2, 0.25) is 0 Å². The molecule has 0 saturated carbocycles. The Labute approximate surface area is 139 Å². The molecule has 2 amide bonds. The Hall–Kier alpha value is -3.09. The molecule has 24 heavy (non-hydrogen) atoms. The first kappa shape index (κ1) is 17.3. The lowest BCUT2D eigenvalue weighted by Crippen LogP contribution is -2.38. The van der Waals surface area contributed by atoms with Gasteiger partial charge in [0.05, 0.1) is 12.1 Å². The van der Waals surface area contributed by atoms with Crippen molar-refractivity contribution in [2.24, 2.45) is 0 Å². The second kappa shape index (κ2) is 8.52. The fourth-order valence-corrected chi connectivity index (χ4v) is 1.98. The Morgan fingerprint density at radius 1 is 1.00 bits per heavy atom. The molecule has 0 unspecified atom stereocenters. The van der Waals surface area contributed by atoms with Gasteiger partial charge in [0.25, 0.3) is 5.91 Å². The van der Waals surface area contributed by atoms with Crippen LogP contribution in [0, 0.1) is 0 Å². The second-order valence-corrected chi connectivity index (χ2v) is 4.94. The Morgan fingerprint density at radius 3 is 2.29 bits per heavy atom. The third kappa shape index (κ3) is 4.98. The fraction of sp³-hybridized carbons (Fsp3) is 0.235. The van der Waals surface area contributed by atoms with E-state index in [0.29, 0.717) is 12.1 Å². The number of carbonyl (C=O) groups excluding carboxylic acids is 3. The van der Waals surface area contributed by atoms with Gasteiger partial charge in [-0.15, -0.1) is 0 Å². The van der Waals surface area contributed by atoms with E-state index in [9.17, 15) is 14.4 Å². The quantitative estimate of drug-likeness (QED) is 0.738. The summed E-state index contributed by atoms with van der Waals surface area (Å²) in [6.07, 6.45) is 3.79. The summed E-state index contributed by atoms with van der Waals surface area (Å²) in [6.45, 7) is 1.69. The monoisotopic (exact) mass is 329 g/mol. The highest BCUT2D eigenvalue weighted by molar-refractivity contribution is 5.92. The average Bonchev–Trinajstić information content (AvgIpc) is 3.13. The topological polar surface area (TPSA) is 89.4 Å². The van der Waals surface area contributed by atoms with Crippen molar-refractivity contribution in [2.75, 3.05) is 19.7 Å². The molecule has 0 aliphatic carbocycles. The van der Waals surface area contributed by atoms with Gasteiger partial charge in [-0.2, -0.15) is 0 Å². The maximum Gasteiger partial charge on any atom is 0.338 e. The molecule has 1 heterocycles. The number of amides is 2. The molecule has 1 aromatic carbocycles. The highest BCUT2D eigenvalue weighted by Gasteiger charge is 2.11. The van der Waals surface area contributed by atoms with Gasteiger partial charge in [0.2, 0.25) is 5.91 Å². The summed E-state index contributed by atoms with van der Waals surface area (Å²) in [5.41, 5.74) is 1.26. The van der Waals surface area contributed by atoms with Gasteiger partial charge >= 0.3 is 5.97 Å². The van der Waals surface area contributed by atoms with Crippen molar-refractivity contribution in [3.63, 3.8) is 0 Å². The first-order valence-electron chi connectivity index (χ1n) is 7.54. The number of hydrogen-bond donors (Lipinski definition) is 2. The summed E-state index contributed by atoms with van der Waals surface area (Å²) in [5.74, 6) is -1.42. The zero-order chi connectivity index (χ0) is 17.4. The largest absolute Gasteiger partial charge is 0.452 e. The highest BCUT2D eigenvalue weighted by atomic mass is 16.5. The molecule has 0 aliphatic rings. The van der Waals surface area contributed by atoms with Crippen molar-refractivity contribution in [1.29, 1.82) is 0 Å². The van der Waals surface area contributed by atoms with Crippen LogP contribution in [0.3, 0.4) is 0 Å². The molecule has 126 valence electrons. The molecule has 2 aromatic rings. The molecule has 0 aliphatic heterocycles. The molecule has 0 saturated heterocycles. The van der Waals surface area contributed by atoms with E-state index in [2.05, 4.69) is 10.6 Å². The lowest BCUT2D eigenvalue weighted by molar-refractivity contribution is -0.127. The minimum absolute atomic E-state index is 0.143. The number of benzene rings is 1. The normalized spacial score (nSPS) is 10.0. The minimum Gasteiger partial charge on any atom is -0.452 e. The SMILES string of the molecule is CCNC(=O)CNC(=O)COC(=O)c1ccc(-n2cccc2)cc1. The molecule has 7 heteroatoms. The third-order valence-electron chi connectivity index (χ3n) is 3.16. The van der Waals surface area contributed by atoms with E-state index in [1.807, 2.05) is 29.1 Å². The van der Waals surface area contributed by atoms with Gasteiger partial charge in [-0.3, -0.25) is 9.59 Å². The zero-order valence-electron chi connectivity index (χ0n) is 13.3. The molecule has 0 atom stereocenters. The van der Waals surface area contributed by atoms with Gasteiger partial charge in [0.15, 0.2) is 6.61 Å². The van der Waals surface area contributed by atoms with E-state index in [4.69, 9.17) is 4.74 Å². The molecular weight excluding hydrogens is 310 g/mol. The van der Waals surface area contributed by atoms with Gasteiger partial charge in [0, 0.05) is 24.6 Å². The lowest BCUT2D eigenvalue weighted by Gasteiger charge is -2.07. The highest BCUT2D eigenvalue weighted by Crippen LogP contribution is 2.10. The van der Waals surface area contributed by atoms with Gasteiger partial charge in [-0.25, -0.2) is 4.79 Å². The van der Waals surface area contributed by atoms with Crippen LogP contribution in [-0.2, 0) is 14.3 Å². The van der Waals surface area contributed by atoms with Crippen LogP contribution in [-0.4, -0.2) is 42.0 Å². The number of nitrogens with zero attached hydrogens (tertiary/aromatic N) is 1. The predicted molar refractivity (Wildman–Crippen MR) is 87.7 cm³/mol. The molecule has 2 N–H and O–H groups in total. The number of rotatable bonds is 7. The standard InChI is InChI=1S/C17H19N3O4/c1-2-18-15(21)11-19-16(22)12-24-17(23)13-5-7-14(8-6-13)20-9-3-4-10-20/h3-10H,2,11-12H2,1H3,(H,18,21)(H,19,22). The van der Waals surface area contributed by atoms with Gasteiger partial charge < -0.3 is 19.9 Å². The van der Waals surface area contributed by atoms with Crippen molar-refractivity contribution in [3.05, 3.63) is 54.4 Å². The van der Waals surface area contributed by atoms with Crippen molar-refractivity contribution in [3.8, 4) is 5.69 Å². The molecule has 0 fully saturated rings. The van der Waals surface area contributed by atoms with Crippen LogP contribution in [0.1, 0.15) is 17.3 Å². The maximum absolute atomic E-state index is 11.9. The Bertz CT molecular complexity index is 693. The molecule has 1 aromatic heterocycles. The number of ether oxygens (including phenoxy) is 1. The Morgan fingerprint density at radius 2 is 1.67 bits per heavy atom. The van der Waals surface area contributed by atoms with Gasteiger partial charge in [-0.1, -0.05) is 0 Å². The van der Waals surface area contributed by atoms with E-state index >= 15 is 0 Å². The van der Waals surface area contributed by atoms with E-state index in [1.54, 1.807) is 31.2 Å². The lowest BCUT2D eigenvalue weighted by atomic mass is 10.2. The average molecular weight is 329 g/mol. The van der Waals surface area contributed by atoms with Crippen molar-refractivity contribution in [1.82, 2.24) is 15.2 Å². The summed E-state index contributed by atoms with van der Waals surface area (Å²) in [4.78, 5) is 34.6. The van der Waals surface area contributed by atoms with Crippen LogP contribution in [0.4, 0.5) is 0 Å². The first-order valence-corrected chi connectivity index (χ1v) is 7.54. The minimum atomic E-state index is -0.595. The molecule has 0 bridgehead atoms. The number of aromatic nitrogens is 1. The molecule has 2 rings (SSSR count). The number of esters is 1. The van der Waals surface area contributed by atoms with E-state index in [-0.39, 0.29) is 12.5 Å².